The monoisotopic (exact) mass is 267 g/mol. The molecule has 0 aliphatic heterocycles. The van der Waals surface area contributed by atoms with E-state index in [0.29, 0.717) is 0 Å². The van der Waals surface area contributed by atoms with Gasteiger partial charge in [0.1, 0.15) is 0 Å². The Morgan fingerprint density at radius 1 is 1.38 bits per heavy atom. The maximum absolute atomic E-state index is 11.8. The molecule has 1 aromatic heterocycles. The minimum atomic E-state index is -4.86. The molecule has 0 atom stereocenters. The molecule has 8 heteroatoms. The van der Waals surface area contributed by atoms with E-state index in [0.717, 1.165) is 18.5 Å². The first-order valence-corrected chi connectivity index (χ1v) is 4.63. The normalized spacial score (nSPS) is 11.0. The molecule has 0 bridgehead atoms. The summed E-state index contributed by atoms with van der Waals surface area (Å²) in [6, 6.07) is 1.12. The van der Waals surface area contributed by atoms with Crippen LogP contribution >= 0.6 is 24.8 Å². The highest BCUT2D eigenvalue weighted by atomic mass is 32.1. The molecule has 0 aliphatic rings. The maximum atomic E-state index is 11.8. The van der Waals surface area contributed by atoms with Crippen molar-refractivity contribution < 1.29 is 22.7 Å². The molecule has 0 spiro atoms. The number of pyridine rings is 1. The Labute approximate surface area is 99.0 Å². The summed E-state index contributed by atoms with van der Waals surface area (Å²) in [4.78, 5) is 14.4. The van der Waals surface area contributed by atoms with Crippen LogP contribution in [0.25, 0.3) is 0 Å². The van der Waals surface area contributed by atoms with Gasteiger partial charge in [0.15, 0.2) is 0 Å². The molecule has 0 unspecified atom stereocenters. The third-order valence-corrected chi connectivity index (χ3v) is 2.01. The number of aromatic nitrogens is 1. The SMILES string of the molecule is O=C(S)c1cncc(C(=S)OC(F)(F)F)c1. The molecule has 0 saturated carbocycles. The molecule has 3 nitrogen and oxygen atoms in total. The molecule has 0 amide bonds. The Morgan fingerprint density at radius 3 is 2.44 bits per heavy atom. The molecule has 0 N–H and O–H groups in total. The van der Waals surface area contributed by atoms with Gasteiger partial charge in [-0.3, -0.25) is 9.78 Å². The van der Waals surface area contributed by atoms with E-state index in [1.807, 2.05) is 0 Å². The number of thiocarbonyl (C=S) groups is 1. The van der Waals surface area contributed by atoms with Crippen LogP contribution in [-0.4, -0.2) is 21.5 Å². The van der Waals surface area contributed by atoms with E-state index in [-0.39, 0.29) is 11.1 Å². The fourth-order valence-electron chi connectivity index (χ4n) is 0.833. The maximum Gasteiger partial charge on any atom is 0.573 e. The van der Waals surface area contributed by atoms with Crippen LogP contribution in [0.5, 0.6) is 0 Å². The summed E-state index contributed by atoms with van der Waals surface area (Å²) in [6.45, 7) is 0. The number of rotatable bonds is 2. The number of carbonyl (C=O) groups excluding carboxylic acids is 1. The highest BCUT2D eigenvalue weighted by Crippen LogP contribution is 2.19. The lowest BCUT2D eigenvalue weighted by Crippen LogP contribution is -2.19. The Bertz CT molecular complexity index is 434. The van der Waals surface area contributed by atoms with Crippen molar-refractivity contribution in [3.8, 4) is 0 Å². The molecule has 1 aromatic rings. The first kappa shape index (κ1) is 12.9. The number of hydrogen-bond donors (Lipinski definition) is 1. The first-order chi connectivity index (χ1) is 7.29. The Hall–Kier alpha value is -1.15. The van der Waals surface area contributed by atoms with Crippen molar-refractivity contribution in [1.82, 2.24) is 4.98 Å². The Kier molecular flexibility index (Phi) is 3.87. The van der Waals surface area contributed by atoms with Gasteiger partial charge in [-0.2, -0.15) is 0 Å². The fraction of sp³-hybridized carbons (Fsp3) is 0.125. The van der Waals surface area contributed by atoms with E-state index in [1.54, 1.807) is 0 Å². The molecule has 0 aromatic carbocycles. The van der Waals surface area contributed by atoms with Crippen LogP contribution in [0.15, 0.2) is 18.5 Å². The summed E-state index contributed by atoms with van der Waals surface area (Å²) in [5.74, 6) is 0. The Balaban J connectivity index is 2.92. The summed E-state index contributed by atoms with van der Waals surface area (Å²) >= 11 is 7.90. The summed E-state index contributed by atoms with van der Waals surface area (Å²) in [6.07, 6.45) is -2.64. The van der Waals surface area contributed by atoms with Gasteiger partial charge in [0, 0.05) is 23.5 Å². The average molecular weight is 267 g/mol. The third kappa shape index (κ3) is 3.78. The van der Waals surface area contributed by atoms with Crippen molar-refractivity contribution in [3.05, 3.63) is 29.6 Å². The van der Waals surface area contributed by atoms with E-state index in [4.69, 9.17) is 0 Å². The number of ether oxygens (including phenoxy) is 1. The van der Waals surface area contributed by atoms with E-state index < -0.39 is 16.5 Å². The van der Waals surface area contributed by atoms with Gasteiger partial charge >= 0.3 is 6.36 Å². The number of nitrogens with zero attached hydrogens (tertiary/aromatic N) is 1. The molecule has 0 fully saturated rings. The molecule has 1 rings (SSSR count). The van der Waals surface area contributed by atoms with Crippen LogP contribution in [-0.2, 0) is 4.74 Å². The summed E-state index contributed by atoms with van der Waals surface area (Å²) in [7, 11) is 0. The topological polar surface area (TPSA) is 39.2 Å². The smallest absolute Gasteiger partial charge is 0.394 e. The van der Waals surface area contributed by atoms with Crippen LogP contribution in [0.2, 0.25) is 0 Å². The second-order valence-corrected chi connectivity index (χ2v) is 3.38. The van der Waals surface area contributed by atoms with Crippen molar-refractivity contribution in [2.24, 2.45) is 0 Å². The molecule has 0 saturated heterocycles. The van der Waals surface area contributed by atoms with Crippen LogP contribution in [0, 0.1) is 0 Å². The number of thiol groups is 1. The van der Waals surface area contributed by atoms with Crippen molar-refractivity contribution in [3.63, 3.8) is 0 Å². The predicted octanol–water partition coefficient (Wildman–Crippen LogP) is 2.36. The Morgan fingerprint density at radius 2 is 1.94 bits per heavy atom. The zero-order valence-corrected chi connectivity index (χ0v) is 9.20. The van der Waals surface area contributed by atoms with Gasteiger partial charge in [-0.25, -0.2) is 0 Å². The van der Waals surface area contributed by atoms with Crippen molar-refractivity contribution in [2.45, 2.75) is 6.36 Å². The van der Waals surface area contributed by atoms with Crippen molar-refractivity contribution in [1.29, 1.82) is 0 Å². The van der Waals surface area contributed by atoms with E-state index in [2.05, 4.69) is 34.6 Å². The van der Waals surface area contributed by atoms with Gasteiger partial charge in [-0.1, -0.05) is 0 Å². The quantitative estimate of drug-likeness (QED) is 0.659. The standard InChI is InChI=1S/C8H4F3NO2S2/c9-8(10,11)14-7(16)5-1-4(6(13)15)2-12-3-5/h1-3H,(H,13,15). The molecular weight excluding hydrogens is 263 g/mol. The molecule has 0 radical (unpaired) electrons. The summed E-state index contributed by atoms with van der Waals surface area (Å²) < 4.78 is 39.0. The van der Waals surface area contributed by atoms with E-state index in [1.165, 1.54) is 0 Å². The minimum absolute atomic E-state index is 0.0361. The number of alkyl halides is 3. The van der Waals surface area contributed by atoms with Gasteiger partial charge in [-0.05, 0) is 18.3 Å². The van der Waals surface area contributed by atoms with Crippen LogP contribution < -0.4 is 0 Å². The zero-order valence-electron chi connectivity index (χ0n) is 7.49. The van der Waals surface area contributed by atoms with Crippen molar-refractivity contribution in [2.75, 3.05) is 0 Å². The molecule has 86 valence electrons. The third-order valence-electron chi connectivity index (χ3n) is 1.43. The molecule has 0 aliphatic carbocycles. The molecule has 1 heterocycles. The predicted molar refractivity (Wildman–Crippen MR) is 56.4 cm³/mol. The lowest BCUT2D eigenvalue weighted by atomic mass is 10.2. The van der Waals surface area contributed by atoms with Crippen LogP contribution in [0.3, 0.4) is 0 Å². The van der Waals surface area contributed by atoms with Crippen LogP contribution in [0.1, 0.15) is 15.9 Å². The second kappa shape index (κ2) is 4.79. The summed E-state index contributed by atoms with van der Waals surface area (Å²) in [5.41, 5.74) is -0.0683. The molecular formula is C8H4F3NO2S2. The van der Waals surface area contributed by atoms with Gasteiger partial charge in [0.05, 0.1) is 0 Å². The van der Waals surface area contributed by atoms with Crippen molar-refractivity contribution >= 4 is 35.0 Å². The second-order valence-electron chi connectivity index (χ2n) is 2.60. The highest BCUT2D eigenvalue weighted by molar-refractivity contribution is 7.97. The lowest BCUT2D eigenvalue weighted by molar-refractivity contribution is -0.281. The van der Waals surface area contributed by atoms with E-state index >= 15 is 0 Å². The number of carbonyl (C=O) groups is 1. The number of halogens is 3. The zero-order chi connectivity index (χ0) is 12.3. The first-order valence-electron chi connectivity index (χ1n) is 3.78. The average Bonchev–Trinajstić information content (AvgIpc) is 2.15. The van der Waals surface area contributed by atoms with Crippen LogP contribution in [0.4, 0.5) is 13.2 Å². The van der Waals surface area contributed by atoms with Gasteiger partial charge in [0.2, 0.25) is 10.2 Å². The lowest BCUT2D eigenvalue weighted by Gasteiger charge is -2.09. The van der Waals surface area contributed by atoms with Gasteiger partial charge in [-0.15, -0.1) is 25.8 Å². The fourth-order valence-corrected chi connectivity index (χ4v) is 1.16. The largest absolute Gasteiger partial charge is 0.573 e. The number of hydrogen-bond acceptors (Lipinski definition) is 4. The van der Waals surface area contributed by atoms with Gasteiger partial charge < -0.3 is 4.74 Å². The molecule has 16 heavy (non-hydrogen) atoms. The minimum Gasteiger partial charge on any atom is -0.394 e. The van der Waals surface area contributed by atoms with E-state index in [9.17, 15) is 18.0 Å². The summed E-state index contributed by atoms with van der Waals surface area (Å²) in [5, 5.41) is -1.42. The van der Waals surface area contributed by atoms with Gasteiger partial charge in [0.25, 0.3) is 0 Å². The highest BCUT2D eigenvalue weighted by Gasteiger charge is 2.32.